The summed E-state index contributed by atoms with van der Waals surface area (Å²) in [5.41, 5.74) is 0.972. The number of carboxylic acid groups (broad SMARTS) is 1. The zero-order valence-corrected chi connectivity index (χ0v) is 10.7. The van der Waals surface area contributed by atoms with E-state index in [-0.39, 0.29) is 11.3 Å². The molecule has 0 fully saturated rings. The van der Waals surface area contributed by atoms with E-state index in [1.54, 1.807) is 19.1 Å². The maximum atomic E-state index is 11.7. The molecular weight excluding hydrogens is 268 g/mol. The van der Waals surface area contributed by atoms with Crippen LogP contribution in [0, 0.1) is 6.92 Å². The first kappa shape index (κ1) is 13.0. The summed E-state index contributed by atoms with van der Waals surface area (Å²) in [6.45, 7) is 1.72. The highest BCUT2D eigenvalue weighted by Gasteiger charge is 2.14. The normalized spacial score (nSPS) is 9.95. The number of rotatable bonds is 3. The first-order valence-electron chi connectivity index (χ1n) is 5.26. The molecule has 2 aromatic rings. The van der Waals surface area contributed by atoms with Crippen molar-refractivity contribution in [1.82, 2.24) is 9.59 Å². The summed E-state index contributed by atoms with van der Waals surface area (Å²) in [5.74, 6) is -1.10. The fourth-order valence-corrected chi connectivity index (χ4v) is 1.91. The van der Waals surface area contributed by atoms with Crippen LogP contribution in [-0.4, -0.2) is 26.7 Å². The molecular formula is C11H10N4O3S. The topological polar surface area (TPSA) is 104 Å². The van der Waals surface area contributed by atoms with Gasteiger partial charge in [0, 0.05) is 11.5 Å². The van der Waals surface area contributed by atoms with Gasteiger partial charge in [-0.2, -0.15) is 0 Å². The molecule has 2 rings (SSSR count). The molecule has 1 aromatic heterocycles. The van der Waals surface area contributed by atoms with Crippen molar-refractivity contribution in [2.24, 2.45) is 0 Å². The minimum absolute atomic E-state index is 0.0394. The second-order valence-electron chi connectivity index (χ2n) is 3.66. The van der Waals surface area contributed by atoms with Crippen molar-refractivity contribution >= 4 is 34.2 Å². The summed E-state index contributed by atoms with van der Waals surface area (Å²) in [5, 5.41) is 18.2. The molecule has 0 radical (unpaired) electrons. The van der Waals surface area contributed by atoms with E-state index in [2.05, 4.69) is 20.2 Å². The molecule has 0 bridgehead atoms. The van der Waals surface area contributed by atoms with Gasteiger partial charge in [-0.1, -0.05) is 16.6 Å². The number of aromatic carboxylic acids is 1. The number of amides is 2. The molecule has 0 spiro atoms. The average Bonchev–Trinajstić information content (AvgIpc) is 2.84. The Hall–Kier alpha value is -2.48. The summed E-state index contributed by atoms with van der Waals surface area (Å²) >= 11 is 1.03. The number of carboxylic acids is 1. The number of aryl methyl sites for hydroxylation is 1. The quantitative estimate of drug-likeness (QED) is 0.798. The van der Waals surface area contributed by atoms with Crippen LogP contribution in [-0.2, 0) is 0 Å². The van der Waals surface area contributed by atoms with Gasteiger partial charge >= 0.3 is 12.0 Å². The van der Waals surface area contributed by atoms with E-state index in [0.29, 0.717) is 10.6 Å². The standard InChI is InChI=1S/C11H10N4O3S/c1-6-3-2-4-7(10(16)17)9(6)14-11(18)13-8-5-12-15-19-8/h2-5H,1H3,(H,16,17)(H2,13,14,18). The molecule has 0 aliphatic heterocycles. The fourth-order valence-electron chi connectivity index (χ4n) is 1.49. The van der Waals surface area contributed by atoms with E-state index in [9.17, 15) is 9.59 Å². The van der Waals surface area contributed by atoms with E-state index in [1.165, 1.54) is 12.3 Å². The number of nitrogens with zero attached hydrogens (tertiary/aromatic N) is 2. The number of para-hydroxylation sites is 1. The highest BCUT2D eigenvalue weighted by Crippen LogP contribution is 2.21. The van der Waals surface area contributed by atoms with Crippen molar-refractivity contribution in [3.63, 3.8) is 0 Å². The van der Waals surface area contributed by atoms with Crippen LogP contribution in [0.2, 0.25) is 0 Å². The van der Waals surface area contributed by atoms with Crippen molar-refractivity contribution in [2.45, 2.75) is 6.92 Å². The Balaban J connectivity index is 2.19. The molecule has 0 unspecified atom stereocenters. The Morgan fingerprint density at radius 3 is 2.74 bits per heavy atom. The fraction of sp³-hybridized carbons (Fsp3) is 0.0909. The summed E-state index contributed by atoms with van der Waals surface area (Å²) in [7, 11) is 0. The van der Waals surface area contributed by atoms with Crippen molar-refractivity contribution in [3.8, 4) is 0 Å². The molecule has 19 heavy (non-hydrogen) atoms. The number of anilines is 2. The second kappa shape index (κ2) is 5.44. The molecule has 7 nitrogen and oxygen atoms in total. The highest BCUT2D eigenvalue weighted by molar-refractivity contribution is 7.10. The molecule has 0 saturated heterocycles. The zero-order valence-electron chi connectivity index (χ0n) is 9.88. The van der Waals surface area contributed by atoms with Gasteiger partial charge in [-0.05, 0) is 18.6 Å². The minimum Gasteiger partial charge on any atom is -0.478 e. The van der Waals surface area contributed by atoms with Crippen molar-refractivity contribution < 1.29 is 14.7 Å². The van der Waals surface area contributed by atoms with E-state index >= 15 is 0 Å². The summed E-state index contributed by atoms with van der Waals surface area (Å²) < 4.78 is 3.60. The third-order valence-electron chi connectivity index (χ3n) is 2.34. The van der Waals surface area contributed by atoms with E-state index in [0.717, 1.165) is 11.5 Å². The number of carbonyl (C=O) groups is 2. The lowest BCUT2D eigenvalue weighted by atomic mass is 10.1. The van der Waals surface area contributed by atoms with Gasteiger partial charge in [-0.15, -0.1) is 5.10 Å². The SMILES string of the molecule is Cc1cccc(C(=O)O)c1NC(=O)Nc1cnns1. The van der Waals surface area contributed by atoms with Gasteiger partial charge in [0.05, 0.1) is 17.4 Å². The van der Waals surface area contributed by atoms with Gasteiger partial charge in [-0.25, -0.2) is 9.59 Å². The third kappa shape index (κ3) is 3.05. The lowest BCUT2D eigenvalue weighted by Gasteiger charge is -2.11. The Morgan fingerprint density at radius 1 is 1.32 bits per heavy atom. The minimum atomic E-state index is -1.10. The maximum Gasteiger partial charge on any atom is 0.337 e. The second-order valence-corrected chi connectivity index (χ2v) is 4.45. The van der Waals surface area contributed by atoms with Crippen LogP contribution in [0.4, 0.5) is 15.5 Å². The van der Waals surface area contributed by atoms with Gasteiger partial charge in [-0.3, -0.25) is 5.32 Å². The Kier molecular flexibility index (Phi) is 3.71. The van der Waals surface area contributed by atoms with Crippen LogP contribution < -0.4 is 10.6 Å². The number of aromatic nitrogens is 2. The van der Waals surface area contributed by atoms with Gasteiger partial charge in [0.1, 0.15) is 5.00 Å². The Bertz CT molecular complexity index is 612. The highest BCUT2D eigenvalue weighted by atomic mass is 32.1. The van der Waals surface area contributed by atoms with Crippen LogP contribution in [0.3, 0.4) is 0 Å². The predicted octanol–water partition coefficient (Wildman–Crippen LogP) is 2.19. The number of carbonyl (C=O) groups excluding carboxylic acids is 1. The molecule has 0 saturated carbocycles. The average molecular weight is 278 g/mol. The van der Waals surface area contributed by atoms with E-state index in [1.807, 2.05) is 0 Å². The Morgan fingerprint density at radius 2 is 2.11 bits per heavy atom. The molecule has 98 valence electrons. The van der Waals surface area contributed by atoms with Crippen molar-refractivity contribution in [1.29, 1.82) is 0 Å². The predicted molar refractivity (Wildman–Crippen MR) is 70.7 cm³/mol. The summed E-state index contributed by atoms with van der Waals surface area (Å²) in [6, 6.07) is 4.23. The lowest BCUT2D eigenvalue weighted by Crippen LogP contribution is -2.21. The van der Waals surface area contributed by atoms with Crippen LogP contribution >= 0.6 is 11.5 Å². The molecule has 2 amide bonds. The van der Waals surface area contributed by atoms with Crippen LogP contribution in [0.1, 0.15) is 15.9 Å². The van der Waals surface area contributed by atoms with E-state index in [4.69, 9.17) is 5.11 Å². The monoisotopic (exact) mass is 278 g/mol. The molecule has 8 heteroatoms. The molecule has 0 atom stereocenters. The number of nitrogens with one attached hydrogen (secondary N) is 2. The third-order valence-corrected chi connectivity index (χ3v) is 2.92. The van der Waals surface area contributed by atoms with Gasteiger partial charge in [0.2, 0.25) is 0 Å². The first-order chi connectivity index (χ1) is 9.08. The molecule has 0 aliphatic rings. The van der Waals surface area contributed by atoms with Crippen LogP contribution in [0.5, 0.6) is 0 Å². The Labute approximate surface area is 112 Å². The number of benzene rings is 1. The summed E-state index contributed by atoms with van der Waals surface area (Å²) in [4.78, 5) is 22.8. The molecule has 1 heterocycles. The van der Waals surface area contributed by atoms with Crippen molar-refractivity contribution in [2.75, 3.05) is 10.6 Å². The number of urea groups is 1. The van der Waals surface area contributed by atoms with Crippen molar-refractivity contribution in [3.05, 3.63) is 35.5 Å². The smallest absolute Gasteiger partial charge is 0.337 e. The molecule has 0 aliphatic carbocycles. The molecule has 1 aromatic carbocycles. The zero-order chi connectivity index (χ0) is 13.8. The van der Waals surface area contributed by atoms with Gasteiger partial charge < -0.3 is 10.4 Å². The van der Waals surface area contributed by atoms with Gasteiger partial charge in [0.15, 0.2) is 0 Å². The van der Waals surface area contributed by atoms with E-state index < -0.39 is 12.0 Å². The molecule has 3 N–H and O–H groups in total. The number of hydrogen-bond donors (Lipinski definition) is 3. The van der Waals surface area contributed by atoms with Crippen LogP contribution in [0.25, 0.3) is 0 Å². The van der Waals surface area contributed by atoms with Gasteiger partial charge in [0.25, 0.3) is 0 Å². The number of hydrogen-bond acceptors (Lipinski definition) is 5. The van der Waals surface area contributed by atoms with Crippen LogP contribution in [0.15, 0.2) is 24.4 Å². The largest absolute Gasteiger partial charge is 0.478 e. The maximum absolute atomic E-state index is 11.7. The first-order valence-corrected chi connectivity index (χ1v) is 6.03. The lowest BCUT2D eigenvalue weighted by molar-refractivity contribution is 0.0698. The summed E-state index contributed by atoms with van der Waals surface area (Å²) in [6.07, 6.45) is 1.40.